The van der Waals surface area contributed by atoms with Crippen LogP contribution in [0.25, 0.3) is 6.08 Å². The predicted octanol–water partition coefficient (Wildman–Crippen LogP) is 0.367. The normalized spacial score (nSPS) is 11.8. The van der Waals surface area contributed by atoms with E-state index < -0.39 is 24.5 Å². The van der Waals surface area contributed by atoms with Gasteiger partial charge in [-0.3, -0.25) is 4.79 Å². The summed E-state index contributed by atoms with van der Waals surface area (Å²) in [6.45, 7) is -0.544. The molecule has 0 aromatic heterocycles. The van der Waals surface area contributed by atoms with Crippen LogP contribution in [0.5, 0.6) is 11.5 Å². The second-order valence-electron chi connectivity index (χ2n) is 4.21. The van der Waals surface area contributed by atoms with Crippen molar-refractivity contribution in [3.8, 4) is 11.5 Å². The number of amides is 1. The Labute approximate surface area is 128 Å². The third kappa shape index (κ3) is 4.78. The van der Waals surface area contributed by atoms with Crippen LogP contribution >= 0.6 is 0 Å². The van der Waals surface area contributed by atoms with Crippen LogP contribution in [0.4, 0.5) is 0 Å². The predicted molar refractivity (Wildman–Crippen MR) is 79.6 cm³/mol. The van der Waals surface area contributed by atoms with Crippen molar-refractivity contribution in [2.45, 2.75) is 6.04 Å². The summed E-state index contributed by atoms with van der Waals surface area (Å²) in [5.41, 5.74) is 0.664. The summed E-state index contributed by atoms with van der Waals surface area (Å²) in [5, 5.41) is 11.4. The molecule has 0 bridgehead atoms. The Bertz CT molecular complexity index is 555. The summed E-state index contributed by atoms with van der Waals surface area (Å²) >= 11 is 0. The smallest absolute Gasteiger partial charge is 0.330 e. The minimum absolute atomic E-state index is 0.537. The molecule has 0 saturated heterocycles. The lowest BCUT2D eigenvalue weighted by molar-refractivity contribution is -0.145. The highest BCUT2D eigenvalue weighted by molar-refractivity contribution is 5.94. The van der Waals surface area contributed by atoms with E-state index in [9.17, 15) is 9.59 Å². The van der Waals surface area contributed by atoms with Gasteiger partial charge in [0, 0.05) is 17.7 Å². The van der Waals surface area contributed by atoms with Gasteiger partial charge in [-0.05, 0) is 18.2 Å². The quantitative estimate of drug-likeness (QED) is 0.558. The number of nitrogens with one attached hydrogen (secondary N) is 1. The Morgan fingerprint density at radius 3 is 2.55 bits per heavy atom. The van der Waals surface area contributed by atoms with Crippen molar-refractivity contribution < 1.29 is 28.9 Å². The molecule has 1 atom stereocenters. The Kier molecular flexibility index (Phi) is 6.91. The zero-order chi connectivity index (χ0) is 16.5. The lowest BCUT2D eigenvalue weighted by Crippen LogP contribution is -2.43. The van der Waals surface area contributed by atoms with Crippen LogP contribution in [0.1, 0.15) is 5.56 Å². The Morgan fingerprint density at radius 1 is 1.27 bits per heavy atom. The molecule has 0 saturated carbocycles. The molecule has 0 aliphatic rings. The van der Waals surface area contributed by atoms with E-state index in [0.717, 1.165) is 0 Å². The maximum absolute atomic E-state index is 11.7. The first-order valence-corrected chi connectivity index (χ1v) is 6.45. The zero-order valence-electron chi connectivity index (χ0n) is 12.7. The fraction of sp³-hybridized carbons (Fsp3) is 0.333. The molecule has 0 aliphatic carbocycles. The average Bonchev–Trinajstić information content (AvgIpc) is 2.56. The summed E-state index contributed by atoms with van der Waals surface area (Å²) in [5.74, 6) is -0.0897. The monoisotopic (exact) mass is 309 g/mol. The minimum atomic E-state index is -1.10. The maximum atomic E-state index is 11.7. The lowest BCUT2D eigenvalue weighted by atomic mass is 10.1. The zero-order valence-corrected chi connectivity index (χ0v) is 12.7. The van der Waals surface area contributed by atoms with Gasteiger partial charge in [0.1, 0.15) is 11.5 Å². The Hall–Kier alpha value is -2.54. The number of carbonyl (C=O) groups is 2. The molecule has 0 spiro atoms. The van der Waals surface area contributed by atoms with E-state index in [2.05, 4.69) is 10.1 Å². The number of rotatable bonds is 7. The number of aliphatic hydroxyl groups is 1. The van der Waals surface area contributed by atoms with E-state index >= 15 is 0 Å². The van der Waals surface area contributed by atoms with Crippen molar-refractivity contribution in [2.75, 3.05) is 27.9 Å². The van der Waals surface area contributed by atoms with Gasteiger partial charge in [0.15, 0.2) is 6.04 Å². The summed E-state index contributed by atoms with van der Waals surface area (Å²) in [6, 6.07) is 4.04. The number of carbonyl (C=O) groups excluding carboxylic acids is 2. The number of ether oxygens (including phenoxy) is 3. The van der Waals surface area contributed by atoms with Crippen molar-refractivity contribution in [2.24, 2.45) is 0 Å². The van der Waals surface area contributed by atoms with Crippen LogP contribution in [0.3, 0.4) is 0 Å². The highest BCUT2D eigenvalue weighted by atomic mass is 16.5. The van der Waals surface area contributed by atoms with Crippen molar-refractivity contribution in [1.29, 1.82) is 0 Å². The molecule has 0 radical (unpaired) electrons. The molecule has 0 fully saturated rings. The van der Waals surface area contributed by atoms with Gasteiger partial charge in [0.05, 0.1) is 27.9 Å². The highest BCUT2D eigenvalue weighted by Gasteiger charge is 2.19. The average molecular weight is 309 g/mol. The molecule has 1 amide bonds. The van der Waals surface area contributed by atoms with Crippen LogP contribution in [-0.2, 0) is 14.3 Å². The van der Waals surface area contributed by atoms with Crippen LogP contribution in [0.2, 0.25) is 0 Å². The summed E-state index contributed by atoms with van der Waals surface area (Å²) < 4.78 is 14.7. The molecule has 0 aliphatic heterocycles. The second kappa shape index (κ2) is 8.68. The van der Waals surface area contributed by atoms with E-state index in [-0.39, 0.29) is 0 Å². The summed E-state index contributed by atoms with van der Waals surface area (Å²) in [6.07, 6.45) is 2.76. The van der Waals surface area contributed by atoms with Crippen LogP contribution < -0.4 is 14.8 Å². The van der Waals surface area contributed by atoms with Gasteiger partial charge in [-0.25, -0.2) is 4.79 Å². The fourth-order valence-corrected chi connectivity index (χ4v) is 1.66. The third-order valence-electron chi connectivity index (χ3n) is 2.84. The lowest BCUT2D eigenvalue weighted by Gasteiger charge is -2.12. The second-order valence-corrected chi connectivity index (χ2v) is 4.21. The molecule has 1 rings (SSSR count). The molecule has 7 nitrogen and oxygen atoms in total. The molecule has 2 N–H and O–H groups in total. The summed E-state index contributed by atoms with van der Waals surface area (Å²) in [7, 11) is 4.22. The first-order valence-electron chi connectivity index (χ1n) is 6.45. The van der Waals surface area contributed by atoms with Gasteiger partial charge < -0.3 is 24.6 Å². The highest BCUT2D eigenvalue weighted by Crippen LogP contribution is 2.25. The topological polar surface area (TPSA) is 94.1 Å². The van der Waals surface area contributed by atoms with E-state index in [1.807, 2.05) is 0 Å². The van der Waals surface area contributed by atoms with E-state index in [4.69, 9.17) is 14.6 Å². The van der Waals surface area contributed by atoms with Crippen LogP contribution in [0, 0.1) is 0 Å². The molecule has 0 heterocycles. The van der Waals surface area contributed by atoms with Gasteiger partial charge in [-0.2, -0.15) is 0 Å². The molecule has 7 heteroatoms. The number of methoxy groups -OCH3 is 3. The summed E-state index contributed by atoms with van der Waals surface area (Å²) in [4.78, 5) is 23.0. The Balaban J connectivity index is 2.79. The van der Waals surface area contributed by atoms with Gasteiger partial charge in [0.25, 0.3) is 0 Å². The maximum Gasteiger partial charge on any atom is 0.330 e. The first-order chi connectivity index (χ1) is 10.5. The number of esters is 1. The standard InChI is InChI=1S/C15H19NO6/c1-20-11-6-4-10(13(8-11)21-2)5-7-14(18)16-12(9-17)15(19)22-3/h4-8,12,17H,9H2,1-3H3,(H,16,18)/b7-5+/t12-/m1/s1. The molecule has 120 valence electrons. The van der Waals surface area contributed by atoms with Crippen molar-refractivity contribution in [3.63, 3.8) is 0 Å². The third-order valence-corrected chi connectivity index (χ3v) is 2.84. The van der Waals surface area contributed by atoms with Crippen LogP contribution in [0.15, 0.2) is 24.3 Å². The van der Waals surface area contributed by atoms with Crippen LogP contribution in [-0.4, -0.2) is 51.0 Å². The molecule has 1 aromatic carbocycles. The van der Waals surface area contributed by atoms with Gasteiger partial charge in [0.2, 0.25) is 5.91 Å². The largest absolute Gasteiger partial charge is 0.497 e. The molecule has 22 heavy (non-hydrogen) atoms. The molecule has 1 aromatic rings. The van der Waals surface area contributed by atoms with E-state index in [1.165, 1.54) is 26.4 Å². The van der Waals surface area contributed by atoms with E-state index in [0.29, 0.717) is 17.1 Å². The van der Waals surface area contributed by atoms with Crippen molar-refractivity contribution in [1.82, 2.24) is 5.32 Å². The van der Waals surface area contributed by atoms with Gasteiger partial charge in [-0.15, -0.1) is 0 Å². The fourth-order valence-electron chi connectivity index (χ4n) is 1.66. The number of hydrogen-bond donors (Lipinski definition) is 2. The number of benzene rings is 1. The number of hydrogen-bond acceptors (Lipinski definition) is 6. The Morgan fingerprint density at radius 2 is 2.00 bits per heavy atom. The van der Waals surface area contributed by atoms with Crippen molar-refractivity contribution in [3.05, 3.63) is 29.8 Å². The molecular weight excluding hydrogens is 290 g/mol. The number of aliphatic hydroxyl groups excluding tert-OH is 1. The van der Waals surface area contributed by atoms with Gasteiger partial charge >= 0.3 is 5.97 Å². The van der Waals surface area contributed by atoms with Gasteiger partial charge in [-0.1, -0.05) is 0 Å². The first kappa shape index (κ1) is 17.5. The molecule has 0 unspecified atom stereocenters. The van der Waals surface area contributed by atoms with Crippen molar-refractivity contribution >= 4 is 18.0 Å². The minimum Gasteiger partial charge on any atom is -0.497 e. The van der Waals surface area contributed by atoms with E-state index in [1.54, 1.807) is 25.3 Å². The SMILES string of the molecule is COC(=O)[C@@H](CO)NC(=O)/C=C/c1ccc(OC)cc1OC. The molecular formula is C15H19NO6.